The third kappa shape index (κ3) is 2.59. The van der Waals surface area contributed by atoms with Gasteiger partial charge in [0.1, 0.15) is 5.69 Å². The van der Waals surface area contributed by atoms with Crippen LogP contribution in [0.25, 0.3) is 0 Å². The van der Waals surface area contributed by atoms with Crippen LogP contribution in [0, 0.1) is 11.8 Å². The maximum Gasteiger partial charge on any atom is 0.433 e. The van der Waals surface area contributed by atoms with E-state index in [0.717, 1.165) is 17.2 Å². The average Bonchev–Trinajstić information content (AvgIpc) is 3.16. The maximum absolute atomic E-state index is 12.8. The fraction of sp³-hybridized carbons (Fsp3) is 0.294. The summed E-state index contributed by atoms with van der Waals surface area (Å²) in [5, 5.41) is 0. The highest BCUT2D eigenvalue weighted by atomic mass is 19.4. The molecule has 26 heavy (non-hydrogen) atoms. The Balaban J connectivity index is 1.58. The molecule has 134 valence electrons. The van der Waals surface area contributed by atoms with Crippen LogP contribution in [0.1, 0.15) is 5.69 Å². The van der Waals surface area contributed by atoms with Crippen LogP contribution in [-0.4, -0.2) is 34.9 Å². The van der Waals surface area contributed by atoms with E-state index in [0.29, 0.717) is 5.69 Å². The lowest BCUT2D eigenvalue weighted by atomic mass is 10.00. The van der Waals surface area contributed by atoms with Gasteiger partial charge in [0, 0.05) is 19.3 Å². The van der Waals surface area contributed by atoms with Gasteiger partial charge in [-0.05, 0) is 18.2 Å². The number of alkyl halides is 3. The molecule has 0 spiro atoms. The first-order valence-electron chi connectivity index (χ1n) is 7.94. The van der Waals surface area contributed by atoms with Crippen molar-refractivity contribution >= 4 is 23.5 Å². The Bertz CT molecular complexity index is 848. The molecule has 2 aliphatic rings. The van der Waals surface area contributed by atoms with Gasteiger partial charge in [-0.1, -0.05) is 18.2 Å². The van der Waals surface area contributed by atoms with E-state index in [-0.39, 0.29) is 30.9 Å². The number of benzene rings is 1. The van der Waals surface area contributed by atoms with Crippen LogP contribution in [0.2, 0.25) is 0 Å². The normalized spacial score (nSPS) is 22.9. The molecule has 2 aliphatic heterocycles. The van der Waals surface area contributed by atoms with Crippen molar-refractivity contribution in [2.24, 2.45) is 11.8 Å². The fourth-order valence-corrected chi connectivity index (χ4v) is 3.40. The zero-order valence-corrected chi connectivity index (χ0v) is 13.3. The Morgan fingerprint density at radius 1 is 0.962 bits per heavy atom. The number of carbonyl (C=O) groups excluding carboxylic acids is 2. The predicted octanol–water partition coefficient (Wildman–Crippen LogP) is 2.12. The second kappa shape index (κ2) is 5.79. The van der Waals surface area contributed by atoms with Crippen molar-refractivity contribution < 1.29 is 22.8 Å². The number of hydrogen-bond acceptors (Lipinski definition) is 5. The van der Waals surface area contributed by atoms with Gasteiger partial charge in [-0.2, -0.15) is 13.2 Å². The number of amides is 2. The molecule has 0 saturated carbocycles. The number of rotatable bonds is 2. The first-order chi connectivity index (χ1) is 12.4. The van der Waals surface area contributed by atoms with E-state index in [9.17, 15) is 22.8 Å². The quantitative estimate of drug-likeness (QED) is 0.766. The van der Waals surface area contributed by atoms with Crippen molar-refractivity contribution in [3.8, 4) is 0 Å². The molecule has 0 aliphatic carbocycles. The molecule has 4 rings (SSSR count). The number of nitrogens with zero attached hydrogens (tertiary/aromatic N) is 4. The van der Waals surface area contributed by atoms with Crippen molar-refractivity contribution in [3.05, 3.63) is 48.3 Å². The lowest BCUT2D eigenvalue weighted by Crippen LogP contribution is -2.36. The van der Waals surface area contributed by atoms with E-state index in [1.807, 2.05) is 0 Å². The largest absolute Gasteiger partial charge is 0.433 e. The minimum atomic E-state index is -4.58. The third-order valence-corrected chi connectivity index (χ3v) is 4.63. The van der Waals surface area contributed by atoms with Crippen LogP contribution in [-0.2, 0) is 15.8 Å². The Hall–Kier alpha value is -2.97. The molecular formula is C17H13F3N4O2. The third-order valence-electron chi connectivity index (χ3n) is 4.63. The number of hydrogen-bond donors (Lipinski definition) is 0. The summed E-state index contributed by atoms with van der Waals surface area (Å²) >= 11 is 0. The number of halogens is 3. The molecule has 2 atom stereocenters. The maximum atomic E-state index is 12.8. The van der Waals surface area contributed by atoms with Crippen molar-refractivity contribution in [2.75, 3.05) is 22.9 Å². The summed E-state index contributed by atoms with van der Waals surface area (Å²) in [5.74, 6) is -2.04. The first kappa shape index (κ1) is 16.5. The van der Waals surface area contributed by atoms with Gasteiger partial charge in [0.25, 0.3) is 0 Å². The van der Waals surface area contributed by atoms with E-state index >= 15 is 0 Å². The number of imide groups is 1. The Kier molecular flexibility index (Phi) is 3.67. The van der Waals surface area contributed by atoms with Gasteiger partial charge >= 0.3 is 6.18 Å². The van der Waals surface area contributed by atoms with Crippen LogP contribution < -0.4 is 9.80 Å². The summed E-state index contributed by atoms with van der Waals surface area (Å²) in [6.45, 7) is 0.222. The monoisotopic (exact) mass is 362 g/mol. The van der Waals surface area contributed by atoms with E-state index in [2.05, 4.69) is 9.97 Å². The van der Waals surface area contributed by atoms with Crippen molar-refractivity contribution in [2.45, 2.75) is 6.18 Å². The summed E-state index contributed by atoms with van der Waals surface area (Å²) < 4.78 is 38.5. The predicted molar refractivity (Wildman–Crippen MR) is 85.2 cm³/mol. The summed E-state index contributed by atoms with van der Waals surface area (Å²) in [5.41, 5.74) is -0.554. The Morgan fingerprint density at radius 3 is 2.15 bits per heavy atom. The molecule has 0 N–H and O–H groups in total. The zero-order chi connectivity index (χ0) is 18.5. The van der Waals surface area contributed by atoms with Gasteiger partial charge in [0.2, 0.25) is 17.8 Å². The molecule has 1 aromatic heterocycles. The van der Waals surface area contributed by atoms with Crippen LogP contribution in [0.5, 0.6) is 0 Å². The molecule has 9 heteroatoms. The Morgan fingerprint density at radius 2 is 1.58 bits per heavy atom. The lowest BCUT2D eigenvalue weighted by molar-refractivity contribution is -0.141. The lowest BCUT2D eigenvalue weighted by Gasteiger charge is -2.21. The number of anilines is 2. The SMILES string of the molecule is O=C1C2CN(c3nccc(C(F)(F)F)n3)CC2C(=O)N1c1ccccc1. The minimum absolute atomic E-state index is 0.111. The van der Waals surface area contributed by atoms with Crippen molar-refractivity contribution in [1.82, 2.24) is 9.97 Å². The van der Waals surface area contributed by atoms with Crippen LogP contribution in [0.15, 0.2) is 42.6 Å². The van der Waals surface area contributed by atoms with E-state index < -0.39 is 23.7 Å². The molecule has 2 amide bonds. The molecule has 6 nitrogen and oxygen atoms in total. The van der Waals surface area contributed by atoms with Gasteiger partial charge in [-0.15, -0.1) is 0 Å². The highest BCUT2D eigenvalue weighted by Crippen LogP contribution is 2.37. The number of carbonyl (C=O) groups is 2. The Labute approximate surface area is 146 Å². The van der Waals surface area contributed by atoms with Gasteiger partial charge < -0.3 is 4.90 Å². The summed E-state index contributed by atoms with van der Waals surface area (Å²) in [4.78, 5) is 35.3. The van der Waals surface area contributed by atoms with E-state index in [1.54, 1.807) is 30.3 Å². The van der Waals surface area contributed by atoms with Gasteiger partial charge in [-0.3, -0.25) is 9.59 Å². The standard InChI is InChI=1S/C17H13F3N4O2/c18-17(19,20)13-6-7-21-16(22-13)23-8-11-12(9-23)15(26)24(14(11)25)10-4-2-1-3-5-10/h1-7,11-12H,8-9H2. The second-order valence-electron chi connectivity index (χ2n) is 6.21. The van der Waals surface area contributed by atoms with Crippen LogP contribution in [0.4, 0.5) is 24.8 Å². The molecule has 0 radical (unpaired) electrons. The molecule has 2 saturated heterocycles. The molecule has 2 unspecified atom stereocenters. The van der Waals surface area contributed by atoms with Crippen LogP contribution in [0.3, 0.4) is 0 Å². The number of para-hydroxylation sites is 1. The minimum Gasteiger partial charge on any atom is -0.339 e. The fourth-order valence-electron chi connectivity index (χ4n) is 3.40. The van der Waals surface area contributed by atoms with Crippen LogP contribution >= 0.6 is 0 Å². The van der Waals surface area contributed by atoms with Gasteiger partial charge in [0.05, 0.1) is 17.5 Å². The molecular weight excluding hydrogens is 349 g/mol. The highest BCUT2D eigenvalue weighted by molar-refractivity contribution is 6.22. The molecule has 3 heterocycles. The van der Waals surface area contributed by atoms with Gasteiger partial charge in [0.15, 0.2) is 0 Å². The van der Waals surface area contributed by atoms with Gasteiger partial charge in [-0.25, -0.2) is 14.9 Å². The topological polar surface area (TPSA) is 66.4 Å². The molecule has 2 aromatic rings. The zero-order valence-electron chi connectivity index (χ0n) is 13.3. The summed E-state index contributed by atoms with van der Waals surface area (Å²) in [7, 11) is 0. The first-order valence-corrected chi connectivity index (χ1v) is 7.94. The van der Waals surface area contributed by atoms with Crippen molar-refractivity contribution in [3.63, 3.8) is 0 Å². The molecule has 1 aromatic carbocycles. The average molecular weight is 362 g/mol. The number of fused-ring (bicyclic) bond motifs is 1. The van der Waals surface area contributed by atoms with E-state index in [1.165, 1.54) is 4.90 Å². The number of aromatic nitrogens is 2. The second-order valence-corrected chi connectivity index (χ2v) is 6.21. The molecule has 2 fully saturated rings. The van der Waals surface area contributed by atoms with E-state index in [4.69, 9.17) is 0 Å². The summed E-state index contributed by atoms with van der Waals surface area (Å²) in [6.07, 6.45) is -3.55. The van der Waals surface area contributed by atoms with Crippen molar-refractivity contribution in [1.29, 1.82) is 0 Å². The smallest absolute Gasteiger partial charge is 0.339 e. The highest BCUT2D eigenvalue weighted by Gasteiger charge is 2.53. The summed E-state index contributed by atoms with van der Waals surface area (Å²) in [6, 6.07) is 9.37. The molecule has 0 bridgehead atoms.